The van der Waals surface area contributed by atoms with Gasteiger partial charge in [0, 0.05) is 6.04 Å². The van der Waals surface area contributed by atoms with Gasteiger partial charge in [0.05, 0.1) is 0 Å². The predicted molar refractivity (Wildman–Crippen MR) is 60.8 cm³/mol. The molecule has 0 spiro atoms. The highest BCUT2D eigenvalue weighted by atomic mass is 15.2. The van der Waals surface area contributed by atoms with Crippen molar-refractivity contribution in [2.45, 2.75) is 39.2 Å². The van der Waals surface area contributed by atoms with Crippen molar-refractivity contribution in [2.24, 2.45) is 5.84 Å². The van der Waals surface area contributed by atoms with Gasteiger partial charge in [0.25, 0.3) is 0 Å². The molecule has 14 heavy (non-hydrogen) atoms. The summed E-state index contributed by atoms with van der Waals surface area (Å²) < 4.78 is 0. The summed E-state index contributed by atoms with van der Waals surface area (Å²) in [5.41, 5.74) is 5.40. The van der Waals surface area contributed by atoms with Crippen LogP contribution in [0.1, 0.15) is 43.9 Å². The van der Waals surface area contributed by atoms with Gasteiger partial charge >= 0.3 is 0 Å². The molecule has 0 bridgehead atoms. The molecule has 0 aromatic heterocycles. The van der Waals surface area contributed by atoms with E-state index in [9.17, 15) is 0 Å². The monoisotopic (exact) mass is 192 g/mol. The van der Waals surface area contributed by atoms with Gasteiger partial charge in [-0.15, -0.1) is 0 Å². The molecule has 1 rings (SSSR count). The average Bonchev–Trinajstić information content (AvgIpc) is 2.26. The zero-order valence-corrected chi connectivity index (χ0v) is 9.09. The third kappa shape index (κ3) is 3.13. The Kier molecular flexibility index (Phi) is 4.63. The van der Waals surface area contributed by atoms with Gasteiger partial charge < -0.3 is 0 Å². The predicted octanol–water partition coefficient (Wildman–Crippen LogP) is 2.55. The first-order chi connectivity index (χ1) is 6.77. The third-order valence-corrected chi connectivity index (χ3v) is 2.55. The van der Waals surface area contributed by atoms with Gasteiger partial charge in [-0.25, -0.2) is 0 Å². The smallest absolute Gasteiger partial charge is 0.0431 e. The first-order valence-corrected chi connectivity index (χ1v) is 5.33. The number of benzene rings is 1. The van der Waals surface area contributed by atoms with E-state index in [0.717, 1.165) is 0 Å². The van der Waals surface area contributed by atoms with Crippen LogP contribution in [0, 0.1) is 0 Å². The Morgan fingerprint density at radius 1 is 1.29 bits per heavy atom. The van der Waals surface area contributed by atoms with Crippen LogP contribution in [0.4, 0.5) is 0 Å². The molecule has 0 radical (unpaired) electrons. The maximum atomic E-state index is 5.37. The van der Waals surface area contributed by atoms with Gasteiger partial charge in [-0.05, 0) is 30.9 Å². The Morgan fingerprint density at radius 3 is 2.43 bits per heavy atom. The van der Waals surface area contributed by atoms with Crippen molar-refractivity contribution in [2.75, 3.05) is 0 Å². The van der Waals surface area contributed by atoms with Crippen molar-refractivity contribution in [3.05, 3.63) is 35.4 Å². The van der Waals surface area contributed by atoms with E-state index in [1.807, 2.05) is 0 Å². The third-order valence-electron chi connectivity index (χ3n) is 2.55. The lowest BCUT2D eigenvalue weighted by Gasteiger charge is -2.10. The molecule has 0 fully saturated rings. The number of nitrogens with one attached hydrogen (secondary N) is 1. The summed E-state index contributed by atoms with van der Waals surface area (Å²) in [5, 5.41) is 0. The van der Waals surface area contributed by atoms with Gasteiger partial charge in [0.2, 0.25) is 0 Å². The Hall–Kier alpha value is -0.860. The molecule has 0 heterocycles. The van der Waals surface area contributed by atoms with Gasteiger partial charge in [0.1, 0.15) is 0 Å². The molecule has 3 N–H and O–H groups in total. The quantitative estimate of drug-likeness (QED) is 0.556. The van der Waals surface area contributed by atoms with E-state index in [0.29, 0.717) is 0 Å². The number of hydrazine groups is 1. The maximum Gasteiger partial charge on any atom is 0.0431 e. The van der Waals surface area contributed by atoms with Crippen LogP contribution >= 0.6 is 0 Å². The highest BCUT2D eigenvalue weighted by Gasteiger charge is 2.01. The van der Waals surface area contributed by atoms with Crippen LogP contribution in [-0.4, -0.2) is 0 Å². The van der Waals surface area contributed by atoms with E-state index in [4.69, 9.17) is 5.84 Å². The Morgan fingerprint density at radius 2 is 1.93 bits per heavy atom. The molecule has 0 aliphatic carbocycles. The van der Waals surface area contributed by atoms with Crippen molar-refractivity contribution in [3.63, 3.8) is 0 Å². The summed E-state index contributed by atoms with van der Waals surface area (Å²) in [4.78, 5) is 0. The highest BCUT2D eigenvalue weighted by Crippen LogP contribution is 2.13. The minimum Gasteiger partial charge on any atom is -0.271 e. The number of nitrogens with two attached hydrogens (primary N) is 1. The van der Waals surface area contributed by atoms with E-state index in [2.05, 4.69) is 43.5 Å². The molecular formula is C12H20N2. The van der Waals surface area contributed by atoms with Crippen LogP contribution in [-0.2, 0) is 6.42 Å². The molecule has 0 aliphatic rings. The van der Waals surface area contributed by atoms with Crippen LogP contribution in [0.2, 0.25) is 0 Å². The zero-order chi connectivity index (χ0) is 10.4. The van der Waals surface area contributed by atoms with Crippen molar-refractivity contribution in [1.29, 1.82) is 0 Å². The maximum absolute atomic E-state index is 5.37. The van der Waals surface area contributed by atoms with Gasteiger partial charge in [-0.2, -0.15) is 0 Å². The lowest BCUT2D eigenvalue weighted by molar-refractivity contribution is 0.602. The van der Waals surface area contributed by atoms with Gasteiger partial charge in [-0.3, -0.25) is 11.3 Å². The van der Waals surface area contributed by atoms with E-state index in [1.54, 1.807) is 0 Å². The van der Waals surface area contributed by atoms with Crippen molar-refractivity contribution in [1.82, 2.24) is 5.43 Å². The molecular weight excluding hydrogens is 172 g/mol. The fraction of sp³-hybridized carbons (Fsp3) is 0.500. The van der Waals surface area contributed by atoms with Crippen molar-refractivity contribution < 1.29 is 0 Å². The number of hydrogen-bond donors (Lipinski definition) is 2. The minimum atomic E-state index is 0.232. The second-order valence-electron chi connectivity index (χ2n) is 3.73. The summed E-state index contributed by atoms with van der Waals surface area (Å²) in [6.45, 7) is 4.27. The first-order valence-electron chi connectivity index (χ1n) is 5.33. The van der Waals surface area contributed by atoms with Crippen molar-refractivity contribution in [3.8, 4) is 0 Å². The lowest BCUT2D eigenvalue weighted by atomic mass is 10.0. The number of unbranched alkanes of at least 4 members (excludes halogenated alkanes) is 1. The minimum absolute atomic E-state index is 0.232. The summed E-state index contributed by atoms with van der Waals surface area (Å²) >= 11 is 0. The van der Waals surface area contributed by atoms with Gasteiger partial charge in [-0.1, -0.05) is 37.6 Å². The SMILES string of the molecule is CCCCc1ccc([C@@H](C)NN)cc1. The summed E-state index contributed by atoms with van der Waals surface area (Å²) in [7, 11) is 0. The van der Waals surface area contributed by atoms with E-state index >= 15 is 0 Å². The molecule has 1 aromatic carbocycles. The van der Waals surface area contributed by atoms with Crippen molar-refractivity contribution >= 4 is 0 Å². The number of aryl methyl sites for hydroxylation is 1. The first kappa shape index (κ1) is 11.2. The van der Waals surface area contributed by atoms with Crippen LogP contribution < -0.4 is 11.3 Å². The Labute approximate surface area is 86.5 Å². The molecule has 0 saturated heterocycles. The second kappa shape index (κ2) is 5.78. The fourth-order valence-corrected chi connectivity index (χ4v) is 1.45. The fourth-order valence-electron chi connectivity index (χ4n) is 1.45. The van der Waals surface area contributed by atoms with E-state index in [-0.39, 0.29) is 6.04 Å². The summed E-state index contributed by atoms with van der Waals surface area (Å²) in [6.07, 6.45) is 3.70. The highest BCUT2D eigenvalue weighted by molar-refractivity contribution is 5.24. The van der Waals surface area contributed by atoms with Crippen LogP contribution in [0.5, 0.6) is 0 Å². The molecule has 0 unspecified atom stereocenters. The molecule has 2 heteroatoms. The standard InChI is InChI=1S/C12H20N2/c1-3-4-5-11-6-8-12(9-7-11)10(2)14-13/h6-10,14H,3-5,13H2,1-2H3/t10-/m1/s1. The zero-order valence-electron chi connectivity index (χ0n) is 9.09. The molecule has 78 valence electrons. The Balaban J connectivity index is 2.59. The number of hydrogen-bond acceptors (Lipinski definition) is 2. The average molecular weight is 192 g/mol. The molecule has 0 amide bonds. The van der Waals surface area contributed by atoms with Crippen LogP contribution in [0.15, 0.2) is 24.3 Å². The van der Waals surface area contributed by atoms with Gasteiger partial charge in [0.15, 0.2) is 0 Å². The topological polar surface area (TPSA) is 38.0 Å². The number of rotatable bonds is 5. The molecule has 0 aliphatic heterocycles. The molecule has 0 saturated carbocycles. The normalized spacial score (nSPS) is 12.8. The molecule has 1 atom stereocenters. The van der Waals surface area contributed by atoms with Crippen LogP contribution in [0.25, 0.3) is 0 Å². The molecule has 2 nitrogen and oxygen atoms in total. The lowest BCUT2D eigenvalue weighted by Crippen LogP contribution is -2.25. The largest absolute Gasteiger partial charge is 0.271 e. The van der Waals surface area contributed by atoms with E-state index in [1.165, 1.54) is 30.4 Å². The molecule has 1 aromatic rings. The van der Waals surface area contributed by atoms with E-state index < -0.39 is 0 Å². The Bertz CT molecular complexity index is 254. The van der Waals surface area contributed by atoms with Crippen LogP contribution in [0.3, 0.4) is 0 Å². The second-order valence-corrected chi connectivity index (χ2v) is 3.73. The summed E-state index contributed by atoms with van der Waals surface area (Å²) in [5.74, 6) is 5.37. The summed E-state index contributed by atoms with van der Waals surface area (Å²) in [6, 6.07) is 8.91.